The van der Waals surface area contributed by atoms with Gasteiger partial charge in [0.15, 0.2) is 0 Å². The van der Waals surface area contributed by atoms with E-state index in [2.05, 4.69) is 25.6 Å². The summed E-state index contributed by atoms with van der Waals surface area (Å²) in [6.45, 7) is 11.5. The molecule has 2 aromatic rings. The monoisotopic (exact) mass is 294 g/mol. The second-order valence-electron chi connectivity index (χ2n) is 6.36. The molecule has 0 N–H and O–H groups in total. The van der Waals surface area contributed by atoms with Crippen LogP contribution in [0.4, 0.5) is 0 Å². The van der Waals surface area contributed by atoms with Gasteiger partial charge in [-0.15, -0.1) is 0 Å². The molecule has 0 bridgehead atoms. The topological polar surface area (TPSA) is 26.3 Å². The van der Waals surface area contributed by atoms with E-state index in [1.54, 1.807) is 0 Å². The standard InChI is InChI=1S/C20H22O2/c1-6-15-7-12-18(14(2)13-15)16-8-10-17(11-9-16)19(21)22-20(3,4)5/h6-13H,1H2,2-5H3. The molecular weight excluding hydrogens is 272 g/mol. The first-order valence-corrected chi connectivity index (χ1v) is 7.37. The lowest BCUT2D eigenvalue weighted by molar-refractivity contribution is 0.00696. The van der Waals surface area contributed by atoms with E-state index in [1.807, 2.05) is 57.2 Å². The summed E-state index contributed by atoms with van der Waals surface area (Å²) >= 11 is 0. The minimum atomic E-state index is -0.479. The number of aryl methyl sites for hydroxylation is 1. The van der Waals surface area contributed by atoms with Crippen LogP contribution in [0.3, 0.4) is 0 Å². The van der Waals surface area contributed by atoms with E-state index in [-0.39, 0.29) is 5.97 Å². The third-order valence-electron chi connectivity index (χ3n) is 3.32. The zero-order chi connectivity index (χ0) is 16.3. The maximum Gasteiger partial charge on any atom is 0.338 e. The lowest BCUT2D eigenvalue weighted by Crippen LogP contribution is -2.23. The number of carbonyl (C=O) groups is 1. The maximum absolute atomic E-state index is 12.0. The Balaban J connectivity index is 2.25. The van der Waals surface area contributed by atoms with Crippen molar-refractivity contribution >= 4 is 12.0 Å². The Hall–Kier alpha value is -2.35. The Morgan fingerprint density at radius 3 is 2.23 bits per heavy atom. The van der Waals surface area contributed by atoms with Gasteiger partial charge < -0.3 is 4.74 Å². The molecule has 0 fully saturated rings. The lowest BCUT2D eigenvalue weighted by Gasteiger charge is -2.19. The second kappa shape index (κ2) is 6.18. The van der Waals surface area contributed by atoms with Crippen molar-refractivity contribution in [2.24, 2.45) is 0 Å². The smallest absolute Gasteiger partial charge is 0.338 e. The molecule has 0 saturated carbocycles. The van der Waals surface area contributed by atoms with Gasteiger partial charge in [0.25, 0.3) is 0 Å². The molecule has 0 heterocycles. The van der Waals surface area contributed by atoms with Gasteiger partial charge in [0.2, 0.25) is 0 Å². The van der Waals surface area contributed by atoms with Gasteiger partial charge in [-0.25, -0.2) is 4.79 Å². The molecule has 2 aromatic carbocycles. The van der Waals surface area contributed by atoms with Crippen molar-refractivity contribution in [1.82, 2.24) is 0 Å². The van der Waals surface area contributed by atoms with Crippen molar-refractivity contribution < 1.29 is 9.53 Å². The van der Waals surface area contributed by atoms with Gasteiger partial charge in [-0.05, 0) is 62.1 Å². The minimum Gasteiger partial charge on any atom is -0.456 e. The largest absolute Gasteiger partial charge is 0.456 e. The molecule has 2 heteroatoms. The fourth-order valence-electron chi connectivity index (χ4n) is 2.26. The first kappa shape index (κ1) is 16.0. The van der Waals surface area contributed by atoms with Crippen LogP contribution in [0.15, 0.2) is 49.0 Å². The third kappa shape index (κ3) is 3.85. The van der Waals surface area contributed by atoms with E-state index in [4.69, 9.17) is 4.74 Å². The van der Waals surface area contributed by atoms with Crippen LogP contribution in [0.1, 0.15) is 42.3 Å². The molecule has 0 amide bonds. The number of benzene rings is 2. The summed E-state index contributed by atoms with van der Waals surface area (Å²) in [6.07, 6.45) is 1.84. The minimum absolute atomic E-state index is 0.294. The average molecular weight is 294 g/mol. The average Bonchev–Trinajstić information content (AvgIpc) is 2.45. The van der Waals surface area contributed by atoms with Crippen molar-refractivity contribution in [2.75, 3.05) is 0 Å². The molecule has 2 rings (SSSR count). The summed E-state index contributed by atoms with van der Waals surface area (Å²) in [4.78, 5) is 12.0. The Bertz CT molecular complexity index is 689. The fraction of sp³-hybridized carbons (Fsp3) is 0.250. The van der Waals surface area contributed by atoms with Gasteiger partial charge in [0.05, 0.1) is 5.56 Å². The second-order valence-corrected chi connectivity index (χ2v) is 6.36. The van der Waals surface area contributed by atoms with Crippen LogP contribution < -0.4 is 0 Å². The lowest BCUT2D eigenvalue weighted by atomic mass is 9.97. The first-order valence-electron chi connectivity index (χ1n) is 7.37. The molecule has 0 aliphatic carbocycles. The Morgan fingerprint density at radius 2 is 1.73 bits per heavy atom. The normalized spacial score (nSPS) is 11.1. The van der Waals surface area contributed by atoms with E-state index >= 15 is 0 Å². The number of hydrogen-bond acceptors (Lipinski definition) is 2. The Morgan fingerprint density at radius 1 is 1.09 bits per heavy atom. The van der Waals surface area contributed by atoms with E-state index in [0.717, 1.165) is 16.7 Å². The predicted molar refractivity (Wildman–Crippen MR) is 91.9 cm³/mol. The highest BCUT2D eigenvalue weighted by Gasteiger charge is 2.17. The molecule has 0 aromatic heterocycles. The molecule has 0 unspecified atom stereocenters. The number of ether oxygens (including phenoxy) is 1. The molecule has 0 aliphatic rings. The van der Waals surface area contributed by atoms with Crippen LogP contribution in [0.25, 0.3) is 17.2 Å². The summed E-state index contributed by atoms with van der Waals surface area (Å²) in [6, 6.07) is 13.7. The van der Waals surface area contributed by atoms with E-state index < -0.39 is 5.60 Å². The highest BCUT2D eigenvalue weighted by Crippen LogP contribution is 2.25. The molecule has 0 atom stereocenters. The highest BCUT2D eigenvalue weighted by atomic mass is 16.6. The first-order chi connectivity index (χ1) is 10.3. The van der Waals surface area contributed by atoms with Crippen LogP contribution in [-0.4, -0.2) is 11.6 Å². The van der Waals surface area contributed by atoms with Gasteiger partial charge in [-0.1, -0.05) is 43.0 Å². The molecule has 0 spiro atoms. The zero-order valence-corrected chi connectivity index (χ0v) is 13.6. The van der Waals surface area contributed by atoms with E-state index in [9.17, 15) is 4.79 Å². The summed E-state index contributed by atoms with van der Waals surface area (Å²) in [7, 11) is 0. The number of hydrogen-bond donors (Lipinski definition) is 0. The van der Waals surface area contributed by atoms with Crippen molar-refractivity contribution in [3.05, 3.63) is 65.7 Å². The molecule has 0 saturated heterocycles. The molecule has 114 valence electrons. The van der Waals surface area contributed by atoms with Crippen LogP contribution in [0.2, 0.25) is 0 Å². The van der Waals surface area contributed by atoms with Crippen molar-refractivity contribution in [1.29, 1.82) is 0 Å². The predicted octanol–water partition coefficient (Wildman–Crippen LogP) is 5.26. The zero-order valence-electron chi connectivity index (χ0n) is 13.6. The summed E-state index contributed by atoms with van der Waals surface area (Å²) < 4.78 is 5.37. The number of carbonyl (C=O) groups excluding carboxylic acids is 1. The Kier molecular flexibility index (Phi) is 4.51. The number of rotatable bonds is 3. The summed E-state index contributed by atoms with van der Waals surface area (Å²) in [5.74, 6) is -0.294. The molecule has 2 nitrogen and oxygen atoms in total. The molecule has 0 radical (unpaired) electrons. The van der Waals surface area contributed by atoms with Gasteiger partial charge in [-0.3, -0.25) is 0 Å². The van der Waals surface area contributed by atoms with Crippen molar-refractivity contribution in [3.63, 3.8) is 0 Å². The summed E-state index contributed by atoms with van der Waals surface area (Å²) in [5.41, 5.74) is 4.61. The summed E-state index contributed by atoms with van der Waals surface area (Å²) in [5, 5.41) is 0. The van der Waals surface area contributed by atoms with Gasteiger partial charge in [0, 0.05) is 0 Å². The number of esters is 1. The van der Waals surface area contributed by atoms with Crippen molar-refractivity contribution in [3.8, 4) is 11.1 Å². The van der Waals surface area contributed by atoms with Crippen LogP contribution in [0, 0.1) is 6.92 Å². The van der Waals surface area contributed by atoms with Crippen LogP contribution in [-0.2, 0) is 4.74 Å². The van der Waals surface area contributed by atoms with Gasteiger partial charge >= 0.3 is 5.97 Å². The van der Waals surface area contributed by atoms with Crippen LogP contribution in [0.5, 0.6) is 0 Å². The van der Waals surface area contributed by atoms with E-state index in [1.165, 1.54) is 5.56 Å². The third-order valence-corrected chi connectivity index (χ3v) is 3.32. The quantitative estimate of drug-likeness (QED) is 0.722. The Labute approximate surface area is 132 Å². The van der Waals surface area contributed by atoms with Gasteiger partial charge in [0.1, 0.15) is 5.60 Å². The maximum atomic E-state index is 12.0. The molecule has 22 heavy (non-hydrogen) atoms. The molecular formula is C20H22O2. The fourth-order valence-corrected chi connectivity index (χ4v) is 2.26. The van der Waals surface area contributed by atoms with Crippen LogP contribution >= 0.6 is 0 Å². The van der Waals surface area contributed by atoms with Gasteiger partial charge in [-0.2, -0.15) is 0 Å². The molecule has 0 aliphatic heterocycles. The highest BCUT2D eigenvalue weighted by molar-refractivity contribution is 5.90. The van der Waals surface area contributed by atoms with Crippen molar-refractivity contribution in [2.45, 2.75) is 33.3 Å². The SMILES string of the molecule is C=Cc1ccc(-c2ccc(C(=O)OC(C)(C)C)cc2)c(C)c1. The van der Waals surface area contributed by atoms with E-state index in [0.29, 0.717) is 5.56 Å².